The summed E-state index contributed by atoms with van der Waals surface area (Å²) < 4.78 is 0. The first-order valence-corrected chi connectivity index (χ1v) is 3.67. The Morgan fingerprint density at radius 2 is 2.30 bits per heavy atom. The van der Waals surface area contributed by atoms with Crippen LogP contribution in [0.5, 0.6) is 0 Å². The Bertz CT molecular complexity index is 132. The molecule has 0 spiro atoms. The molecule has 1 unspecified atom stereocenters. The van der Waals surface area contributed by atoms with Crippen molar-refractivity contribution in [2.75, 3.05) is 0 Å². The summed E-state index contributed by atoms with van der Waals surface area (Å²) in [6.07, 6.45) is 3.08. The molecular weight excluding hydrogens is 130 g/mol. The summed E-state index contributed by atoms with van der Waals surface area (Å²) in [5, 5.41) is 8.93. The molecule has 3 N–H and O–H groups in total. The van der Waals surface area contributed by atoms with Crippen molar-refractivity contribution in [1.82, 2.24) is 0 Å². The number of carbonyl (C=O) groups excluding carboxylic acids is 1. The first-order chi connectivity index (χ1) is 4.70. The van der Waals surface area contributed by atoms with E-state index in [2.05, 4.69) is 0 Å². The molecule has 58 valence electrons. The van der Waals surface area contributed by atoms with Gasteiger partial charge in [0.15, 0.2) is 0 Å². The van der Waals surface area contributed by atoms with Crippen LogP contribution < -0.4 is 5.73 Å². The lowest BCUT2D eigenvalue weighted by atomic mass is 10.1. The molecular formula is C7H13NO2. The molecule has 3 heteroatoms. The number of carbonyl (C=O) groups is 1. The summed E-state index contributed by atoms with van der Waals surface area (Å²) in [6.45, 7) is 0. The van der Waals surface area contributed by atoms with Crippen molar-refractivity contribution in [3.8, 4) is 0 Å². The van der Waals surface area contributed by atoms with Crippen molar-refractivity contribution in [1.29, 1.82) is 0 Å². The molecule has 0 aliphatic heterocycles. The minimum absolute atomic E-state index is 0.542. The fraction of sp³-hybridized carbons (Fsp3) is 0.857. The van der Waals surface area contributed by atoms with Gasteiger partial charge < -0.3 is 10.8 Å². The SMILES string of the molecule is NC(=O)C(O)CCC1CC1. The van der Waals surface area contributed by atoms with Crippen LogP contribution in [0.4, 0.5) is 0 Å². The smallest absolute Gasteiger partial charge is 0.246 e. The van der Waals surface area contributed by atoms with Gasteiger partial charge in [-0.15, -0.1) is 0 Å². The van der Waals surface area contributed by atoms with Crippen LogP contribution in [0.25, 0.3) is 0 Å². The lowest BCUT2D eigenvalue weighted by Gasteiger charge is -2.03. The van der Waals surface area contributed by atoms with E-state index >= 15 is 0 Å². The summed E-state index contributed by atoms with van der Waals surface area (Å²) in [5.41, 5.74) is 4.85. The Kier molecular flexibility index (Phi) is 2.27. The second kappa shape index (κ2) is 3.01. The second-order valence-electron chi connectivity index (χ2n) is 2.94. The fourth-order valence-corrected chi connectivity index (χ4v) is 0.942. The molecule has 0 bridgehead atoms. The Balaban J connectivity index is 2.05. The van der Waals surface area contributed by atoms with Crippen molar-refractivity contribution >= 4 is 5.91 Å². The Morgan fingerprint density at radius 1 is 1.70 bits per heavy atom. The first-order valence-electron chi connectivity index (χ1n) is 3.67. The van der Waals surface area contributed by atoms with Crippen molar-refractivity contribution in [2.45, 2.75) is 31.8 Å². The minimum Gasteiger partial charge on any atom is -0.383 e. The maximum atomic E-state index is 10.3. The summed E-state index contributed by atoms with van der Waals surface area (Å²) in [7, 11) is 0. The van der Waals surface area contributed by atoms with Crippen molar-refractivity contribution in [3.63, 3.8) is 0 Å². The third-order valence-electron chi connectivity index (χ3n) is 1.87. The van der Waals surface area contributed by atoms with Gasteiger partial charge in [-0.2, -0.15) is 0 Å². The van der Waals surface area contributed by atoms with Crippen LogP contribution in [0.3, 0.4) is 0 Å². The van der Waals surface area contributed by atoms with Crippen molar-refractivity contribution in [3.05, 3.63) is 0 Å². The third kappa shape index (κ3) is 2.35. The number of hydrogen-bond donors (Lipinski definition) is 2. The molecule has 1 amide bonds. The predicted octanol–water partition coefficient (Wildman–Crippen LogP) is 0.0228. The molecule has 1 fully saturated rings. The van der Waals surface area contributed by atoms with Gasteiger partial charge in [-0.1, -0.05) is 12.8 Å². The highest BCUT2D eigenvalue weighted by atomic mass is 16.3. The van der Waals surface area contributed by atoms with Crippen LogP contribution in [0.15, 0.2) is 0 Å². The topological polar surface area (TPSA) is 63.3 Å². The zero-order chi connectivity index (χ0) is 7.56. The van der Waals surface area contributed by atoms with E-state index in [-0.39, 0.29) is 0 Å². The van der Waals surface area contributed by atoms with Gasteiger partial charge in [0.25, 0.3) is 0 Å². The molecule has 1 aliphatic rings. The van der Waals surface area contributed by atoms with Crippen LogP contribution in [0, 0.1) is 5.92 Å². The van der Waals surface area contributed by atoms with E-state index in [1.165, 1.54) is 12.8 Å². The first kappa shape index (κ1) is 7.54. The molecule has 3 nitrogen and oxygen atoms in total. The van der Waals surface area contributed by atoms with Gasteiger partial charge >= 0.3 is 0 Å². The largest absolute Gasteiger partial charge is 0.383 e. The van der Waals surface area contributed by atoms with Gasteiger partial charge in [0.1, 0.15) is 6.10 Å². The maximum absolute atomic E-state index is 10.3. The molecule has 0 aromatic rings. The van der Waals surface area contributed by atoms with E-state index in [4.69, 9.17) is 10.8 Å². The highest BCUT2D eigenvalue weighted by Gasteiger charge is 2.23. The molecule has 0 heterocycles. The summed E-state index contributed by atoms with van der Waals surface area (Å²) >= 11 is 0. The molecule has 1 rings (SSSR count). The normalized spacial score (nSPS) is 20.5. The quantitative estimate of drug-likeness (QED) is 0.583. The summed E-state index contributed by atoms with van der Waals surface area (Å²) in [6, 6.07) is 0. The molecule has 0 saturated heterocycles. The van der Waals surface area contributed by atoms with Gasteiger partial charge in [0.05, 0.1) is 0 Å². The number of amides is 1. The van der Waals surface area contributed by atoms with Gasteiger partial charge in [0, 0.05) is 0 Å². The predicted molar refractivity (Wildman–Crippen MR) is 37.2 cm³/mol. The summed E-state index contributed by atoms with van der Waals surface area (Å²) in [5.74, 6) is 0.162. The number of hydrogen-bond acceptors (Lipinski definition) is 2. The van der Waals surface area contributed by atoms with E-state index in [9.17, 15) is 4.79 Å². The third-order valence-corrected chi connectivity index (χ3v) is 1.87. The van der Waals surface area contributed by atoms with E-state index in [0.717, 1.165) is 12.3 Å². The second-order valence-corrected chi connectivity index (χ2v) is 2.94. The van der Waals surface area contributed by atoms with E-state index in [1.807, 2.05) is 0 Å². The standard InChI is InChI=1S/C7H13NO2/c8-7(10)6(9)4-3-5-1-2-5/h5-6,9H,1-4H2,(H2,8,10). The van der Waals surface area contributed by atoms with Gasteiger partial charge in [-0.05, 0) is 18.8 Å². The van der Waals surface area contributed by atoms with Crippen LogP contribution in [0.1, 0.15) is 25.7 Å². The number of rotatable bonds is 4. The average molecular weight is 143 g/mol. The minimum atomic E-state index is -0.916. The van der Waals surface area contributed by atoms with E-state index < -0.39 is 12.0 Å². The number of nitrogens with two attached hydrogens (primary N) is 1. The molecule has 1 atom stereocenters. The molecule has 1 saturated carbocycles. The number of aliphatic hydroxyl groups excluding tert-OH is 1. The Morgan fingerprint density at radius 3 is 2.70 bits per heavy atom. The Hall–Kier alpha value is -0.570. The zero-order valence-corrected chi connectivity index (χ0v) is 5.92. The fourth-order valence-electron chi connectivity index (χ4n) is 0.942. The van der Waals surface area contributed by atoms with Gasteiger partial charge in [0.2, 0.25) is 5.91 Å². The van der Waals surface area contributed by atoms with Crippen molar-refractivity contribution < 1.29 is 9.90 Å². The van der Waals surface area contributed by atoms with Crippen molar-refractivity contribution in [2.24, 2.45) is 11.7 Å². The lowest BCUT2D eigenvalue weighted by molar-refractivity contribution is -0.126. The molecule has 10 heavy (non-hydrogen) atoms. The molecule has 0 radical (unpaired) electrons. The highest BCUT2D eigenvalue weighted by molar-refractivity contribution is 5.78. The average Bonchev–Trinajstić information content (AvgIpc) is 2.64. The molecule has 0 aromatic carbocycles. The Labute approximate surface area is 60.2 Å². The maximum Gasteiger partial charge on any atom is 0.246 e. The monoisotopic (exact) mass is 143 g/mol. The van der Waals surface area contributed by atoms with Crippen LogP contribution in [0.2, 0.25) is 0 Å². The van der Waals surface area contributed by atoms with Gasteiger partial charge in [-0.3, -0.25) is 4.79 Å². The van der Waals surface area contributed by atoms with E-state index in [1.54, 1.807) is 0 Å². The summed E-state index contributed by atoms with van der Waals surface area (Å²) in [4.78, 5) is 10.3. The highest BCUT2D eigenvalue weighted by Crippen LogP contribution is 2.33. The lowest BCUT2D eigenvalue weighted by Crippen LogP contribution is -2.28. The van der Waals surface area contributed by atoms with Crippen LogP contribution in [-0.2, 0) is 4.79 Å². The van der Waals surface area contributed by atoms with E-state index in [0.29, 0.717) is 6.42 Å². The molecule has 1 aliphatic carbocycles. The van der Waals surface area contributed by atoms with Gasteiger partial charge in [-0.25, -0.2) is 0 Å². The van der Waals surface area contributed by atoms with Crippen LogP contribution >= 0.6 is 0 Å². The van der Waals surface area contributed by atoms with Crippen LogP contribution in [-0.4, -0.2) is 17.1 Å². The number of aliphatic hydroxyl groups is 1. The molecule has 0 aromatic heterocycles. The zero-order valence-electron chi connectivity index (χ0n) is 5.92. The number of primary amides is 1.